The molecule has 1 atom stereocenters. The molecule has 0 saturated carbocycles. The van der Waals surface area contributed by atoms with E-state index in [9.17, 15) is 9.90 Å². The van der Waals surface area contributed by atoms with Crippen LogP contribution in [0.5, 0.6) is 0 Å². The van der Waals surface area contributed by atoms with Crippen molar-refractivity contribution in [2.24, 2.45) is 0 Å². The second-order valence-electron chi connectivity index (χ2n) is 9.14. The van der Waals surface area contributed by atoms with Gasteiger partial charge in [-0.25, -0.2) is 14.8 Å². The first-order chi connectivity index (χ1) is 16.2. The highest BCUT2D eigenvalue weighted by atomic mass is 35.5. The van der Waals surface area contributed by atoms with E-state index in [1.165, 1.54) is 0 Å². The van der Waals surface area contributed by atoms with Crippen LogP contribution >= 0.6 is 11.6 Å². The Morgan fingerprint density at radius 1 is 1.15 bits per heavy atom. The Bertz CT molecular complexity index is 1140. The average Bonchev–Trinajstić information content (AvgIpc) is 2.83. The van der Waals surface area contributed by atoms with Crippen LogP contribution in [0.2, 0.25) is 5.02 Å². The SMILES string of the molecule is CC(C)(C)OC(=O)N1CCN(c2cc(-c3ccc(Cl)cc3)nc(-c3cccnc3)n2)CC1CO. The highest BCUT2D eigenvalue weighted by Gasteiger charge is 2.33. The van der Waals surface area contributed by atoms with Crippen LogP contribution in [-0.2, 0) is 4.74 Å². The molecule has 0 bridgehead atoms. The van der Waals surface area contributed by atoms with Crippen molar-refractivity contribution in [1.82, 2.24) is 19.9 Å². The smallest absolute Gasteiger partial charge is 0.410 e. The molecular formula is C25H28ClN5O3. The predicted octanol–water partition coefficient (Wildman–Crippen LogP) is 4.28. The van der Waals surface area contributed by atoms with Crippen LogP contribution in [0.15, 0.2) is 54.9 Å². The molecule has 1 fully saturated rings. The van der Waals surface area contributed by atoms with Gasteiger partial charge in [0, 0.05) is 54.2 Å². The number of benzene rings is 1. The molecule has 1 unspecified atom stereocenters. The maximum absolute atomic E-state index is 12.7. The monoisotopic (exact) mass is 481 g/mol. The highest BCUT2D eigenvalue weighted by molar-refractivity contribution is 6.30. The fraction of sp³-hybridized carbons (Fsp3) is 0.360. The first-order valence-corrected chi connectivity index (χ1v) is 11.5. The first kappa shape index (κ1) is 23.9. The molecule has 178 valence electrons. The van der Waals surface area contributed by atoms with Crippen LogP contribution in [0.4, 0.5) is 10.6 Å². The summed E-state index contributed by atoms with van der Waals surface area (Å²) in [6.45, 7) is 6.66. The predicted molar refractivity (Wildman–Crippen MR) is 132 cm³/mol. The third-order valence-corrected chi connectivity index (χ3v) is 5.67. The van der Waals surface area contributed by atoms with Crippen LogP contribution in [0, 0.1) is 0 Å². The van der Waals surface area contributed by atoms with Crippen LogP contribution in [0.3, 0.4) is 0 Å². The number of carbonyl (C=O) groups is 1. The molecule has 1 amide bonds. The van der Waals surface area contributed by atoms with Crippen molar-refractivity contribution in [1.29, 1.82) is 0 Å². The number of carbonyl (C=O) groups excluding carboxylic acids is 1. The number of hydrogen-bond acceptors (Lipinski definition) is 7. The highest BCUT2D eigenvalue weighted by Crippen LogP contribution is 2.28. The number of aromatic nitrogens is 3. The van der Waals surface area contributed by atoms with Crippen molar-refractivity contribution in [2.45, 2.75) is 32.4 Å². The molecule has 0 spiro atoms. The van der Waals surface area contributed by atoms with Gasteiger partial charge in [0.15, 0.2) is 5.82 Å². The molecular weight excluding hydrogens is 454 g/mol. The van der Waals surface area contributed by atoms with Gasteiger partial charge in [0.05, 0.1) is 18.3 Å². The number of hydrogen-bond donors (Lipinski definition) is 1. The number of nitrogens with zero attached hydrogens (tertiary/aromatic N) is 5. The fourth-order valence-corrected chi connectivity index (χ4v) is 3.90. The molecule has 3 aromatic rings. The zero-order valence-electron chi connectivity index (χ0n) is 19.5. The summed E-state index contributed by atoms with van der Waals surface area (Å²) in [4.78, 5) is 30.1. The molecule has 0 aliphatic carbocycles. The summed E-state index contributed by atoms with van der Waals surface area (Å²) in [5, 5.41) is 10.7. The standard InChI is InChI=1S/C25H28ClN5O3/c1-25(2,3)34-24(33)31-12-11-30(15-20(31)16-32)22-13-21(17-6-8-19(26)9-7-17)28-23(29-22)18-5-4-10-27-14-18/h4-10,13-14,20,32H,11-12,15-16H2,1-3H3. The van der Waals surface area contributed by atoms with Crippen LogP contribution in [-0.4, -0.2) is 68.9 Å². The lowest BCUT2D eigenvalue weighted by Crippen LogP contribution is -2.57. The van der Waals surface area contributed by atoms with E-state index in [4.69, 9.17) is 26.3 Å². The number of halogens is 1. The Morgan fingerprint density at radius 2 is 1.91 bits per heavy atom. The lowest BCUT2D eigenvalue weighted by atomic mass is 10.1. The Labute approximate surface area is 204 Å². The molecule has 3 heterocycles. The normalized spacial score (nSPS) is 16.4. The molecule has 4 rings (SSSR count). The van der Waals surface area contributed by atoms with Gasteiger partial charge in [0.2, 0.25) is 0 Å². The second kappa shape index (κ2) is 9.95. The number of aliphatic hydroxyl groups excluding tert-OH is 1. The summed E-state index contributed by atoms with van der Waals surface area (Å²) in [5.41, 5.74) is 1.85. The van der Waals surface area contributed by atoms with Crippen molar-refractivity contribution in [3.63, 3.8) is 0 Å². The minimum atomic E-state index is -0.604. The first-order valence-electron chi connectivity index (χ1n) is 11.1. The van der Waals surface area contributed by atoms with Crippen LogP contribution in [0.25, 0.3) is 22.6 Å². The van der Waals surface area contributed by atoms with Gasteiger partial charge >= 0.3 is 6.09 Å². The molecule has 2 aromatic heterocycles. The van der Waals surface area contributed by atoms with Gasteiger partial charge < -0.3 is 14.7 Å². The number of pyridine rings is 1. The fourth-order valence-electron chi connectivity index (χ4n) is 3.77. The summed E-state index contributed by atoms with van der Waals surface area (Å²) in [6, 6.07) is 12.7. The number of piperazine rings is 1. The molecule has 1 saturated heterocycles. The maximum Gasteiger partial charge on any atom is 0.410 e. The Morgan fingerprint density at radius 3 is 2.56 bits per heavy atom. The van der Waals surface area contributed by atoms with Gasteiger partial charge in [-0.15, -0.1) is 0 Å². The van der Waals surface area contributed by atoms with E-state index in [0.717, 1.165) is 16.8 Å². The lowest BCUT2D eigenvalue weighted by Gasteiger charge is -2.41. The van der Waals surface area contributed by atoms with Gasteiger partial charge in [-0.1, -0.05) is 23.7 Å². The van der Waals surface area contributed by atoms with E-state index >= 15 is 0 Å². The molecule has 8 nitrogen and oxygen atoms in total. The quantitative estimate of drug-likeness (QED) is 0.594. The molecule has 1 aliphatic heterocycles. The van der Waals surface area contributed by atoms with E-state index in [2.05, 4.69) is 9.88 Å². The van der Waals surface area contributed by atoms with Gasteiger partial charge in [-0.2, -0.15) is 0 Å². The van der Waals surface area contributed by atoms with Gasteiger partial charge in [-0.05, 0) is 45.0 Å². The van der Waals surface area contributed by atoms with Gasteiger partial charge in [0.25, 0.3) is 0 Å². The number of anilines is 1. The van der Waals surface area contributed by atoms with Crippen LogP contribution < -0.4 is 4.90 Å². The number of aliphatic hydroxyl groups is 1. The molecule has 1 N–H and O–H groups in total. The number of amides is 1. The Balaban J connectivity index is 1.66. The van der Waals surface area contributed by atoms with E-state index in [0.29, 0.717) is 36.3 Å². The van der Waals surface area contributed by atoms with Crippen molar-refractivity contribution < 1.29 is 14.6 Å². The summed E-state index contributed by atoms with van der Waals surface area (Å²) in [7, 11) is 0. The zero-order chi connectivity index (χ0) is 24.3. The van der Waals surface area contributed by atoms with Gasteiger partial charge in [0.1, 0.15) is 11.4 Å². The van der Waals surface area contributed by atoms with Crippen molar-refractivity contribution in [3.8, 4) is 22.6 Å². The third kappa shape index (κ3) is 5.63. The second-order valence-corrected chi connectivity index (χ2v) is 9.58. The van der Waals surface area contributed by atoms with E-state index in [1.54, 1.807) is 17.3 Å². The van der Waals surface area contributed by atoms with Crippen LogP contribution in [0.1, 0.15) is 20.8 Å². The topological polar surface area (TPSA) is 91.7 Å². The Kier molecular flexibility index (Phi) is 7.00. The van der Waals surface area contributed by atoms with Crippen molar-refractivity contribution in [2.75, 3.05) is 31.1 Å². The Hall–Kier alpha value is -3.23. The number of rotatable bonds is 4. The summed E-state index contributed by atoms with van der Waals surface area (Å²) < 4.78 is 5.53. The lowest BCUT2D eigenvalue weighted by molar-refractivity contribution is 0.00699. The van der Waals surface area contributed by atoms with E-state index in [1.807, 2.05) is 63.2 Å². The zero-order valence-corrected chi connectivity index (χ0v) is 20.2. The minimum Gasteiger partial charge on any atom is -0.444 e. The summed E-state index contributed by atoms with van der Waals surface area (Å²) in [5.74, 6) is 1.26. The maximum atomic E-state index is 12.7. The summed E-state index contributed by atoms with van der Waals surface area (Å²) in [6.07, 6.45) is 3.00. The average molecular weight is 482 g/mol. The van der Waals surface area contributed by atoms with E-state index in [-0.39, 0.29) is 6.61 Å². The van der Waals surface area contributed by atoms with E-state index < -0.39 is 17.7 Å². The van der Waals surface area contributed by atoms with Crippen molar-refractivity contribution in [3.05, 3.63) is 59.9 Å². The largest absolute Gasteiger partial charge is 0.444 e. The van der Waals surface area contributed by atoms with Crippen molar-refractivity contribution >= 4 is 23.5 Å². The molecule has 9 heteroatoms. The third-order valence-electron chi connectivity index (χ3n) is 5.42. The number of ether oxygens (including phenoxy) is 1. The summed E-state index contributed by atoms with van der Waals surface area (Å²) >= 11 is 6.08. The molecule has 1 aromatic carbocycles. The molecule has 34 heavy (non-hydrogen) atoms. The van der Waals surface area contributed by atoms with Gasteiger partial charge in [-0.3, -0.25) is 9.88 Å². The molecule has 0 radical (unpaired) electrons. The minimum absolute atomic E-state index is 0.180. The molecule has 1 aliphatic rings.